The van der Waals surface area contributed by atoms with Crippen molar-refractivity contribution in [2.24, 2.45) is 11.1 Å². The van der Waals surface area contributed by atoms with Gasteiger partial charge in [-0.15, -0.1) is 0 Å². The predicted octanol–water partition coefficient (Wildman–Crippen LogP) is 5.05. The van der Waals surface area contributed by atoms with Crippen LogP contribution in [0.5, 0.6) is 0 Å². The molecule has 1 aliphatic heterocycles. The minimum atomic E-state index is -0.553. The van der Waals surface area contributed by atoms with Crippen LogP contribution in [0.15, 0.2) is 47.6 Å². The molecule has 1 amide bonds. The summed E-state index contributed by atoms with van der Waals surface area (Å²) >= 11 is 12.6. The van der Waals surface area contributed by atoms with E-state index in [9.17, 15) is 4.79 Å². The van der Waals surface area contributed by atoms with Crippen molar-refractivity contribution in [1.29, 1.82) is 0 Å². The molecule has 2 aromatic rings. The summed E-state index contributed by atoms with van der Waals surface area (Å²) in [6.45, 7) is 5.45. The fraction of sp³-hybridized carbons (Fsp3) is 0.263. The molecule has 1 aliphatic rings. The van der Waals surface area contributed by atoms with E-state index < -0.39 is 6.23 Å². The molecule has 0 fully saturated rings. The molecule has 0 bridgehead atoms. The summed E-state index contributed by atoms with van der Waals surface area (Å²) < 4.78 is 0. The molecule has 3 rings (SSSR count). The van der Waals surface area contributed by atoms with Crippen molar-refractivity contribution in [2.45, 2.75) is 27.0 Å². The topological polar surface area (TPSA) is 41.9 Å². The van der Waals surface area contributed by atoms with Gasteiger partial charge >= 0.3 is 0 Å². The minimum Gasteiger partial charge on any atom is -0.369 e. The zero-order valence-electron chi connectivity index (χ0n) is 14.2. The highest BCUT2D eigenvalue weighted by molar-refractivity contribution is 6.40. The summed E-state index contributed by atoms with van der Waals surface area (Å²) in [4.78, 5) is 19.5. The van der Waals surface area contributed by atoms with Gasteiger partial charge in [-0.25, -0.2) is 0 Å². The number of aryl methyl sites for hydroxylation is 1. The fourth-order valence-corrected chi connectivity index (χ4v) is 3.51. The van der Waals surface area contributed by atoms with E-state index >= 15 is 0 Å². The van der Waals surface area contributed by atoms with Gasteiger partial charge in [-0.05, 0) is 31.2 Å². The van der Waals surface area contributed by atoms with E-state index in [2.05, 4.69) is 5.16 Å². The molecule has 130 valence electrons. The van der Waals surface area contributed by atoms with Gasteiger partial charge < -0.3 is 4.84 Å². The van der Waals surface area contributed by atoms with Crippen LogP contribution in [0.2, 0.25) is 10.0 Å². The number of halogens is 2. The van der Waals surface area contributed by atoms with Gasteiger partial charge in [-0.2, -0.15) is 0 Å². The lowest BCUT2D eigenvalue weighted by molar-refractivity contribution is -0.119. The van der Waals surface area contributed by atoms with Crippen LogP contribution in [0.4, 0.5) is 5.69 Å². The molecule has 2 aromatic carbocycles. The number of carbonyl (C=O) groups excluding carboxylic acids is 1. The normalized spacial score (nSPS) is 19.3. The van der Waals surface area contributed by atoms with Gasteiger partial charge in [0.2, 0.25) is 12.1 Å². The standard InChI is InChI=1S/C19H18Cl2N2O2/c1-11-7-9-14(10-8-11)23(13(3)24)19-12(2)18(22-25-19)17-15(20)5-4-6-16(17)21/h4-10,12,19H,1-3H3/t12-,19-/m1/s1. The average molecular weight is 377 g/mol. The molecule has 0 radical (unpaired) electrons. The molecular formula is C19H18Cl2N2O2. The number of hydrogen-bond acceptors (Lipinski definition) is 3. The summed E-state index contributed by atoms with van der Waals surface area (Å²) in [6, 6.07) is 13.0. The van der Waals surface area contributed by atoms with E-state index in [1.54, 1.807) is 23.1 Å². The Balaban J connectivity index is 1.94. The second-order valence-corrected chi connectivity index (χ2v) is 6.90. The number of rotatable bonds is 3. The number of benzene rings is 2. The first-order valence-electron chi connectivity index (χ1n) is 7.94. The Kier molecular flexibility index (Phi) is 5.02. The van der Waals surface area contributed by atoms with Crippen LogP contribution in [-0.2, 0) is 9.63 Å². The highest BCUT2D eigenvalue weighted by Gasteiger charge is 2.39. The van der Waals surface area contributed by atoms with Crippen molar-refractivity contribution in [2.75, 3.05) is 4.90 Å². The molecule has 0 N–H and O–H groups in total. The summed E-state index contributed by atoms with van der Waals surface area (Å²) in [7, 11) is 0. The molecule has 0 spiro atoms. The van der Waals surface area contributed by atoms with Crippen LogP contribution in [0.3, 0.4) is 0 Å². The third kappa shape index (κ3) is 3.37. The second kappa shape index (κ2) is 7.06. The van der Waals surface area contributed by atoms with Crippen LogP contribution < -0.4 is 4.90 Å². The number of carbonyl (C=O) groups is 1. The first-order valence-corrected chi connectivity index (χ1v) is 8.70. The van der Waals surface area contributed by atoms with E-state index in [1.807, 2.05) is 38.1 Å². The molecule has 0 aliphatic carbocycles. The van der Waals surface area contributed by atoms with E-state index in [0.717, 1.165) is 11.3 Å². The molecule has 25 heavy (non-hydrogen) atoms. The average Bonchev–Trinajstić information content (AvgIpc) is 2.91. The highest BCUT2D eigenvalue weighted by atomic mass is 35.5. The Bertz CT molecular complexity index is 814. The van der Waals surface area contributed by atoms with Crippen LogP contribution in [0, 0.1) is 12.8 Å². The summed E-state index contributed by atoms with van der Waals surface area (Å²) in [5.41, 5.74) is 3.16. The zero-order chi connectivity index (χ0) is 18.1. The largest absolute Gasteiger partial charge is 0.369 e. The Morgan fingerprint density at radius 2 is 1.72 bits per heavy atom. The highest BCUT2D eigenvalue weighted by Crippen LogP contribution is 2.34. The van der Waals surface area contributed by atoms with Gasteiger partial charge in [0.15, 0.2) is 0 Å². The lowest BCUT2D eigenvalue weighted by atomic mass is 9.96. The molecule has 0 aromatic heterocycles. The number of nitrogens with zero attached hydrogens (tertiary/aromatic N) is 2. The smallest absolute Gasteiger partial charge is 0.226 e. The first kappa shape index (κ1) is 17.8. The van der Waals surface area contributed by atoms with Crippen molar-refractivity contribution in [1.82, 2.24) is 0 Å². The lowest BCUT2D eigenvalue weighted by Crippen LogP contribution is -2.43. The van der Waals surface area contributed by atoms with Crippen molar-refractivity contribution >= 4 is 40.5 Å². The van der Waals surface area contributed by atoms with Gasteiger partial charge in [0, 0.05) is 18.2 Å². The van der Waals surface area contributed by atoms with Crippen LogP contribution in [0.25, 0.3) is 0 Å². The molecule has 6 heteroatoms. The Morgan fingerprint density at radius 1 is 1.12 bits per heavy atom. The summed E-state index contributed by atoms with van der Waals surface area (Å²) in [6.07, 6.45) is -0.553. The molecule has 0 unspecified atom stereocenters. The monoisotopic (exact) mass is 376 g/mol. The van der Waals surface area contributed by atoms with Gasteiger partial charge in [-0.3, -0.25) is 9.69 Å². The fourth-order valence-electron chi connectivity index (χ4n) is 2.92. The van der Waals surface area contributed by atoms with Gasteiger partial charge in [0.05, 0.1) is 21.7 Å². The van der Waals surface area contributed by atoms with E-state index in [-0.39, 0.29) is 11.8 Å². The second-order valence-electron chi connectivity index (χ2n) is 6.08. The van der Waals surface area contributed by atoms with Crippen molar-refractivity contribution in [3.63, 3.8) is 0 Å². The Hall–Kier alpha value is -2.04. The summed E-state index contributed by atoms with van der Waals surface area (Å²) in [5, 5.41) is 5.20. The molecule has 0 saturated heterocycles. The molecule has 1 heterocycles. The van der Waals surface area contributed by atoms with E-state index in [0.29, 0.717) is 21.3 Å². The van der Waals surface area contributed by atoms with Crippen LogP contribution in [-0.4, -0.2) is 17.8 Å². The molecule has 2 atom stereocenters. The van der Waals surface area contributed by atoms with Crippen molar-refractivity contribution in [3.05, 3.63) is 63.6 Å². The Morgan fingerprint density at radius 3 is 2.28 bits per heavy atom. The maximum atomic E-state index is 12.3. The third-order valence-corrected chi connectivity index (χ3v) is 4.87. The quantitative estimate of drug-likeness (QED) is 0.751. The third-order valence-electron chi connectivity index (χ3n) is 4.24. The first-order chi connectivity index (χ1) is 11.9. The molecular weight excluding hydrogens is 359 g/mol. The van der Waals surface area contributed by atoms with Crippen LogP contribution >= 0.6 is 23.2 Å². The zero-order valence-corrected chi connectivity index (χ0v) is 15.7. The Labute approximate surface area is 157 Å². The number of oxime groups is 1. The molecule has 4 nitrogen and oxygen atoms in total. The summed E-state index contributed by atoms with van der Waals surface area (Å²) in [5.74, 6) is -0.315. The lowest BCUT2D eigenvalue weighted by Gasteiger charge is -2.29. The van der Waals surface area contributed by atoms with E-state index in [1.165, 1.54) is 6.92 Å². The minimum absolute atomic E-state index is 0.123. The number of hydrogen-bond donors (Lipinski definition) is 0. The predicted molar refractivity (Wildman–Crippen MR) is 101 cm³/mol. The SMILES string of the molecule is CC(=O)N(c1ccc(C)cc1)[C@@H]1ON=C(c2c(Cl)cccc2Cl)[C@H]1C. The maximum Gasteiger partial charge on any atom is 0.226 e. The number of amides is 1. The van der Waals surface area contributed by atoms with Crippen molar-refractivity contribution < 1.29 is 9.63 Å². The van der Waals surface area contributed by atoms with Gasteiger partial charge in [0.25, 0.3) is 0 Å². The van der Waals surface area contributed by atoms with Gasteiger partial charge in [0.1, 0.15) is 0 Å². The molecule has 0 saturated carbocycles. The van der Waals surface area contributed by atoms with E-state index in [4.69, 9.17) is 28.0 Å². The van der Waals surface area contributed by atoms with Crippen LogP contribution in [0.1, 0.15) is 25.0 Å². The maximum absolute atomic E-state index is 12.3. The number of anilines is 1. The van der Waals surface area contributed by atoms with Crippen molar-refractivity contribution in [3.8, 4) is 0 Å². The van der Waals surface area contributed by atoms with Gasteiger partial charge in [-0.1, -0.05) is 59.0 Å².